The quantitative estimate of drug-likeness (QED) is 0.672. The molecule has 2 bridgehead atoms. The van der Waals surface area contributed by atoms with E-state index in [0.717, 1.165) is 44.4 Å². The van der Waals surface area contributed by atoms with Gasteiger partial charge in [-0.25, -0.2) is 15.0 Å². The number of hydrogen-bond acceptors (Lipinski definition) is 6. The van der Waals surface area contributed by atoms with Crippen molar-refractivity contribution < 1.29 is 4.55 Å². The molecule has 0 amide bonds. The summed E-state index contributed by atoms with van der Waals surface area (Å²) in [5, 5.41) is 1.32. The number of anilines is 1. The van der Waals surface area contributed by atoms with Crippen molar-refractivity contribution in [1.29, 1.82) is 0 Å². The molecule has 5 nitrogen and oxygen atoms in total. The lowest BCUT2D eigenvalue weighted by Gasteiger charge is -2.62. The molecule has 0 aliphatic heterocycles. The number of hydrogen-bond donors (Lipinski definition) is 1. The number of nitrogens with zero attached hydrogens (tertiary/aromatic N) is 3. The van der Waals surface area contributed by atoms with Crippen molar-refractivity contribution >= 4 is 38.4 Å². The topological polar surface area (TPSA) is 87.8 Å². The SMILES string of the molecule is Nc1c([S+]([O-])C2CCC2)sc2nc(-c3cncnc3)cc(C34CC(C3)C4)c12. The molecule has 27 heavy (non-hydrogen) atoms. The van der Waals surface area contributed by atoms with E-state index in [-0.39, 0.29) is 10.7 Å². The van der Waals surface area contributed by atoms with Crippen LogP contribution in [0.3, 0.4) is 0 Å². The normalized spacial score (nSPS) is 27.7. The van der Waals surface area contributed by atoms with Crippen LogP contribution in [0.15, 0.2) is 29.0 Å². The summed E-state index contributed by atoms with van der Waals surface area (Å²) in [5.74, 6) is 0.875. The number of aromatic nitrogens is 3. The predicted molar refractivity (Wildman–Crippen MR) is 108 cm³/mol. The van der Waals surface area contributed by atoms with Gasteiger partial charge in [-0.1, -0.05) is 11.3 Å². The van der Waals surface area contributed by atoms with E-state index >= 15 is 0 Å². The van der Waals surface area contributed by atoms with Crippen LogP contribution >= 0.6 is 11.3 Å². The molecule has 0 radical (unpaired) electrons. The molecule has 1 unspecified atom stereocenters. The predicted octanol–water partition coefficient (Wildman–Crippen LogP) is 4.05. The van der Waals surface area contributed by atoms with E-state index in [1.165, 1.54) is 48.9 Å². The minimum Gasteiger partial charge on any atom is -0.611 e. The van der Waals surface area contributed by atoms with Gasteiger partial charge >= 0.3 is 0 Å². The Bertz CT molecular complexity index is 1030. The number of rotatable bonds is 4. The molecule has 0 saturated heterocycles. The third kappa shape index (κ3) is 2.25. The monoisotopic (exact) mass is 396 g/mol. The molecule has 2 N–H and O–H groups in total. The molecule has 138 valence electrons. The van der Waals surface area contributed by atoms with Gasteiger partial charge in [-0.2, -0.15) is 0 Å². The van der Waals surface area contributed by atoms with Crippen LogP contribution in [0.4, 0.5) is 5.69 Å². The molecule has 3 heterocycles. The Hall–Kier alpha value is -1.70. The highest BCUT2D eigenvalue weighted by molar-refractivity contribution is 7.94. The molecular weight excluding hydrogens is 376 g/mol. The van der Waals surface area contributed by atoms with Crippen LogP contribution in [0.5, 0.6) is 0 Å². The van der Waals surface area contributed by atoms with E-state index in [1.807, 2.05) is 0 Å². The molecule has 4 aliphatic rings. The summed E-state index contributed by atoms with van der Waals surface area (Å²) < 4.78 is 13.9. The van der Waals surface area contributed by atoms with Gasteiger partial charge in [0.2, 0.25) is 4.21 Å². The van der Waals surface area contributed by atoms with Gasteiger partial charge in [-0.05, 0) is 61.5 Å². The zero-order valence-corrected chi connectivity index (χ0v) is 16.5. The minimum atomic E-state index is -1.01. The van der Waals surface area contributed by atoms with Gasteiger partial charge in [0.1, 0.15) is 22.1 Å². The van der Waals surface area contributed by atoms with Gasteiger partial charge in [-0.15, -0.1) is 0 Å². The molecule has 4 saturated carbocycles. The maximum absolute atomic E-state index is 13.0. The van der Waals surface area contributed by atoms with Crippen molar-refractivity contribution in [1.82, 2.24) is 15.0 Å². The average Bonchev–Trinajstić information content (AvgIpc) is 2.88. The lowest BCUT2D eigenvalue weighted by Crippen LogP contribution is -2.55. The highest BCUT2D eigenvalue weighted by Crippen LogP contribution is 2.67. The third-order valence-corrected chi connectivity index (χ3v) is 9.97. The number of nitrogens with two attached hydrogens (primary N) is 1. The number of pyridine rings is 1. The molecule has 7 heteroatoms. The van der Waals surface area contributed by atoms with Crippen LogP contribution in [0, 0.1) is 5.92 Å². The molecule has 1 atom stereocenters. The van der Waals surface area contributed by atoms with E-state index in [0.29, 0.717) is 5.69 Å². The van der Waals surface area contributed by atoms with Crippen LogP contribution in [0.1, 0.15) is 44.1 Å². The molecule has 7 rings (SSSR count). The number of nitrogen functional groups attached to an aromatic ring is 1. The Labute approximate surface area is 164 Å². The second-order valence-corrected chi connectivity index (χ2v) is 11.2. The summed E-state index contributed by atoms with van der Waals surface area (Å²) in [7, 11) is 0. The molecular formula is C20H20N4OS2. The van der Waals surface area contributed by atoms with Crippen molar-refractivity contribution in [3.63, 3.8) is 0 Å². The molecule has 4 aliphatic carbocycles. The molecule has 4 fully saturated rings. The zero-order valence-electron chi connectivity index (χ0n) is 14.9. The summed E-state index contributed by atoms with van der Waals surface area (Å²) in [4.78, 5) is 14.1. The number of thiophene rings is 1. The first-order valence-electron chi connectivity index (χ1n) is 9.54. The summed E-state index contributed by atoms with van der Waals surface area (Å²) in [6, 6.07) is 2.19. The Balaban J connectivity index is 1.56. The lowest BCUT2D eigenvalue weighted by atomic mass is 9.42. The van der Waals surface area contributed by atoms with Gasteiger partial charge in [0.05, 0.1) is 5.69 Å². The average molecular weight is 397 g/mol. The fourth-order valence-corrected chi connectivity index (χ4v) is 8.00. The molecule has 0 aromatic carbocycles. The maximum atomic E-state index is 13.0. The largest absolute Gasteiger partial charge is 0.611 e. The van der Waals surface area contributed by atoms with E-state index in [2.05, 4.69) is 16.0 Å². The Morgan fingerprint density at radius 3 is 2.52 bits per heavy atom. The van der Waals surface area contributed by atoms with Crippen LogP contribution < -0.4 is 5.73 Å². The second-order valence-electron chi connectivity index (χ2n) is 8.27. The van der Waals surface area contributed by atoms with Gasteiger partial charge in [-0.3, -0.25) is 0 Å². The first kappa shape index (κ1) is 16.3. The van der Waals surface area contributed by atoms with E-state index in [9.17, 15) is 4.55 Å². The van der Waals surface area contributed by atoms with Crippen molar-refractivity contribution in [2.45, 2.75) is 53.4 Å². The first-order chi connectivity index (χ1) is 13.1. The zero-order chi connectivity index (χ0) is 18.2. The van der Waals surface area contributed by atoms with E-state index < -0.39 is 11.2 Å². The van der Waals surface area contributed by atoms with Crippen molar-refractivity contribution in [3.05, 3.63) is 30.4 Å². The highest BCUT2D eigenvalue weighted by atomic mass is 32.2. The van der Waals surface area contributed by atoms with Gasteiger partial charge in [0.15, 0.2) is 0 Å². The summed E-state index contributed by atoms with van der Waals surface area (Å²) in [6.07, 6.45) is 12.1. The van der Waals surface area contributed by atoms with Gasteiger partial charge in [0.25, 0.3) is 0 Å². The Kier molecular flexibility index (Phi) is 3.41. The van der Waals surface area contributed by atoms with Gasteiger partial charge in [0, 0.05) is 34.5 Å². The Morgan fingerprint density at radius 1 is 1.19 bits per heavy atom. The second kappa shape index (κ2) is 5.65. The summed E-state index contributed by atoms with van der Waals surface area (Å²) >= 11 is 0.509. The lowest BCUT2D eigenvalue weighted by molar-refractivity contribution is -0.0261. The smallest absolute Gasteiger partial charge is 0.232 e. The fraction of sp³-hybridized carbons (Fsp3) is 0.450. The van der Waals surface area contributed by atoms with Crippen LogP contribution in [-0.2, 0) is 16.6 Å². The highest BCUT2D eigenvalue weighted by Gasteiger charge is 2.58. The first-order valence-corrected chi connectivity index (χ1v) is 11.6. The molecule has 3 aromatic rings. The third-order valence-electron chi connectivity index (χ3n) is 6.67. The fourth-order valence-electron chi connectivity index (χ4n) is 4.79. The number of fused-ring (bicyclic) bond motifs is 1. The Morgan fingerprint density at radius 2 is 1.93 bits per heavy atom. The summed E-state index contributed by atoms with van der Waals surface area (Å²) in [5.41, 5.74) is 10.7. The van der Waals surface area contributed by atoms with Crippen LogP contribution in [0.25, 0.3) is 21.5 Å². The minimum absolute atomic E-state index is 0.251. The standard InChI is InChI=1S/C20H20N4OS2/c21-17-16-14(20-5-11(6-20)7-20)4-15(12-8-22-10-23-9-12)24-18(16)26-19(17)27(25)13-2-1-3-13/h4,8-11,13H,1-3,5-7,21H2. The van der Waals surface area contributed by atoms with Crippen molar-refractivity contribution in [2.75, 3.05) is 5.73 Å². The van der Waals surface area contributed by atoms with E-state index in [1.54, 1.807) is 12.4 Å². The van der Waals surface area contributed by atoms with Crippen LogP contribution in [0.2, 0.25) is 0 Å². The van der Waals surface area contributed by atoms with Crippen molar-refractivity contribution in [2.24, 2.45) is 5.92 Å². The maximum Gasteiger partial charge on any atom is 0.232 e. The van der Waals surface area contributed by atoms with Gasteiger partial charge < -0.3 is 10.3 Å². The molecule has 3 aromatic heterocycles. The molecule has 0 spiro atoms. The summed E-state index contributed by atoms with van der Waals surface area (Å²) in [6.45, 7) is 0. The van der Waals surface area contributed by atoms with E-state index in [4.69, 9.17) is 10.7 Å². The van der Waals surface area contributed by atoms with Crippen LogP contribution in [-0.4, -0.2) is 24.8 Å². The van der Waals surface area contributed by atoms with Crippen molar-refractivity contribution in [3.8, 4) is 11.3 Å².